The number of rotatable bonds is 8. The van der Waals surface area contributed by atoms with E-state index in [4.69, 9.17) is 0 Å². The number of aromatic nitrogens is 1. The van der Waals surface area contributed by atoms with Crippen LogP contribution >= 0.6 is 11.3 Å². The number of para-hydroxylation sites is 2. The van der Waals surface area contributed by atoms with E-state index in [0.29, 0.717) is 30.7 Å². The second-order valence-corrected chi connectivity index (χ2v) is 8.39. The molecule has 1 aliphatic rings. The second-order valence-electron chi connectivity index (χ2n) is 7.55. The molecule has 0 N–H and O–H groups in total. The average molecular weight is 468 g/mol. The van der Waals surface area contributed by atoms with E-state index in [1.54, 1.807) is 30.3 Å². The monoisotopic (exact) mass is 467 g/mol. The largest absolute Gasteiger partial charge is 0.343 e. The van der Waals surface area contributed by atoms with Crippen molar-refractivity contribution in [3.63, 3.8) is 0 Å². The van der Waals surface area contributed by atoms with Crippen LogP contribution in [0, 0.1) is 20.2 Å². The lowest BCUT2D eigenvalue weighted by Crippen LogP contribution is -2.27. The van der Waals surface area contributed by atoms with Crippen LogP contribution in [0.25, 0.3) is 11.3 Å². The van der Waals surface area contributed by atoms with Crippen LogP contribution in [0.4, 0.5) is 17.1 Å². The van der Waals surface area contributed by atoms with Crippen LogP contribution in [0.2, 0.25) is 0 Å². The van der Waals surface area contributed by atoms with E-state index >= 15 is 0 Å². The van der Waals surface area contributed by atoms with Crippen LogP contribution in [0.15, 0.2) is 58.9 Å². The number of nitro groups is 2. The van der Waals surface area contributed by atoms with Gasteiger partial charge in [-0.3, -0.25) is 25.0 Å². The van der Waals surface area contributed by atoms with E-state index < -0.39 is 9.85 Å². The maximum absolute atomic E-state index is 11.9. The summed E-state index contributed by atoms with van der Waals surface area (Å²) in [4.78, 5) is 40.4. The first-order chi connectivity index (χ1) is 15.9. The molecule has 4 rings (SSSR count). The van der Waals surface area contributed by atoms with E-state index in [1.165, 1.54) is 29.5 Å². The van der Waals surface area contributed by atoms with Gasteiger partial charge in [-0.05, 0) is 36.6 Å². The van der Waals surface area contributed by atoms with Crippen LogP contribution in [0.1, 0.15) is 19.3 Å². The molecule has 170 valence electrons. The highest BCUT2D eigenvalue weighted by molar-refractivity contribution is 7.07. The molecule has 3 aromatic rings. The number of nitro benzene ring substituents is 2. The van der Waals surface area contributed by atoms with Gasteiger partial charge in [0.25, 0.3) is 11.4 Å². The zero-order valence-electron chi connectivity index (χ0n) is 17.6. The maximum atomic E-state index is 11.9. The zero-order valence-corrected chi connectivity index (χ0v) is 18.4. The number of carbonyl (C=O) groups is 1. The number of thiazole rings is 1. The minimum Gasteiger partial charge on any atom is -0.343 e. The van der Waals surface area contributed by atoms with Crippen molar-refractivity contribution in [3.05, 3.63) is 78.9 Å². The van der Waals surface area contributed by atoms with Crippen molar-refractivity contribution in [2.24, 2.45) is 4.99 Å². The lowest BCUT2D eigenvalue weighted by molar-refractivity contribution is -0.384. The number of likely N-dealkylation sites (tertiary alicyclic amines) is 1. The van der Waals surface area contributed by atoms with Crippen LogP contribution < -0.4 is 4.80 Å². The molecule has 0 unspecified atom stereocenters. The summed E-state index contributed by atoms with van der Waals surface area (Å²) in [6.07, 6.45) is 2.14. The third kappa shape index (κ3) is 4.98. The smallest absolute Gasteiger partial charge is 0.294 e. The summed E-state index contributed by atoms with van der Waals surface area (Å²) >= 11 is 1.34. The molecule has 2 aromatic carbocycles. The molecule has 0 saturated carbocycles. The van der Waals surface area contributed by atoms with Gasteiger partial charge in [0.1, 0.15) is 5.69 Å². The Balaban J connectivity index is 1.71. The Hall–Kier alpha value is -3.86. The second kappa shape index (κ2) is 9.74. The van der Waals surface area contributed by atoms with Gasteiger partial charge < -0.3 is 9.47 Å². The summed E-state index contributed by atoms with van der Waals surface area (Å²) in [5, 5.41) is 24.3. The van der Waals surface area contributed by atoms with Crippen molar-refractivity contribution in [1.29, 1.82) is 0 Å². The summed E-state index contributed by atoms with van der Waals surface area (Å²) in [7, 11) is 0. The van der Waals surface area contributed by atoms with Gasteiger partial charge >= 0.3 is 0 Å². The van der Waals surface area contributed by atoms with Crippen LogP contribution in [-0.4, -0.2) is 38.3 Å². The highest BCUT2D eigenvalue weighted by atomic mass is 32.1. The van der Waals surface area contributed by atoms with Crippen molar-refractivity contribution in [2.45, 2.75) is 25.8 Å². The Kier molecular flexibility index (Phi) is 6.59. The maximum Gasteiger partial charge on any atom is 0.294 e. The summed E-state index contributed by atoms with van der Waals surface area (Å²) in [5.41, 5.74) is 1.75. The first-order valence-electron chi connectivity index (χ1n) is 10.4. The van der Waals surface area contributed by atoms with Crippen molar-refractivity contribution in [3.8, 4) is 11.3 Å². The first-order valence-corrected chi connectivity index (χ1v) is 11.3. The van der Waals surface area contributed by atoms with Gasteiger partial charge in [0.15, 0.2) is 4.80 Å². The van der Waals surface area contributed by atoms with Gasteiger partial charge in [0, 0.05) is 49.6 Å². The molecule has 0 radical (unpaired) electrons. The number of benzene rings is 2. The van der Waals surface area contributed by atoms with E-state index in [9.17, 15) is 25.0 Å². The SMILES string of the molecule is O=C1CCCN1CCCn1c(-c2ccc([N+](=O)[O-])cc2)csc1=Nc1ccccc1[N+](=O)[O-]. The predicted octanol–water partition coefficient (Wildman–Crippen LogP) is 4.28. The molecule has 1 amide bonds. The Morgan fingerprint density at radius 3 is 2.42 bits per heavy atom. The fourth-order valence-electron chi connectivity index (χ4n) is 3.80. The summed E-state index contributed by atoms with van der Waals surface area (Å²) < 4.78 is 1.95. The van der Waals surface area contributed by atoms with E-state index in [0.717, 1.165) is 24.2 Å². The molecular formula is C22H21N5O5S. The van der Waals surface area contributed by atoms with Gasteiger partial charge in [0.2, 0.25) is 5.91 Å². The molecule has 1 aliphatic heterocycles. The summed E-state index contributed by atoms with van der Waals surface area (Å²) in [5.74, 6) is 0.158. The molecular weight excluding hydrogens is 446 g/mol. The lowest BCUT2D eigenvalue weighted by atomic mass is 10.1. The number of hydrogen-bond acceptors (Lipinski definition) is 7. The molecule has 10 nitrogen and oxygen atoms in total. The third-order valence-corrected chi connectivity index (χ3v) is 6.31. The highest BCUT2D eigenvalue weighted by Gasteiger charge is 2.20. The normalized spacial score (nSPS) is 14.1. The molecule has 1 saturated heterocycles. The number of hydrogen-bond donors (Lipinski definition) is 0. The molecule has 0 spiro atoms. The van der Waals surface area contributed by atoms with Crippen LogP contribution in [0.5, 0.6) is 0 Å². The first kappa shape index (κ1) is 22.3. The quantitative estimate of drug-likeness (QED) is 0.361. The minimum atomic E-state index is -0.465. The number of amides is 1. The molecule has 0 atom stereocenters. The van der Waals surface area contributed by atoms with Crippen molar-refractivity contribution in [1.82, 2.24) is 9.47 Å². The molecule has 0 aliphatic carbocycles. The summed E-state index contributed by atoms with van der Waals surface area (Å²) in [6, 6.07) is 12.5. The third-order valence-electron chi connectivity index (χ3n) is 5.45. The lowest BCUT2D eigenvalue weighted by Gasteiger charge is -2.16. The molecule has 0 bridgehead atoms. The number of nitrogens with zero attached hydrogens (tertiary/aromatic N) is 5. The molecule has 33 heavy (non-hydrogen) atoms. The van der Waals surface area contributed by atoms with Gasteiger partial charge in [-0.25, -0.2) is 4.99 Å². The zero-order chi connectivity index (χ0) is 23.4. The highest BCUT2D eigenvalue weighted by Crippen LogP contribution is 2.27. The van der Waals surface area contributed by atoms with Gasteiger partial charge in [0.05, 0.1) is 15.5 Å². The molecule has 1 fully saturated rings. The predicted molar refractivity (Wildman–Crippen MR) is 123 cm³/mol. The Morgan fingerprint density at radius 2 is 1.76 bits per heavy atom. The minimum absolute atomic E-state index is 0.00195. The van der Waals surface area contributed by atoms with Gasteiger partial charge in [-0.15, -0.1) is 11.3 Å². The standard InChI is InChI=1S/C22H21N5O5S/c28-21-7-3-12-24(21)13-4-14-25-20(16-8-10-17(11-9-16)26(29)30)15-33-22(25)23-18-5-1-2-6-19(18)27(31)32/h1-2,5-6,8-11,15H,3-4,7,12-14H2. The Morgan fingerprint density at radius 1 is 1.00 bits per heavy atom. The van der Waals surface area contributed by atoms with Gasteiger partial charge in [-0.1, -0.05) is 12.1 Å². The van der Waals surface area contributed by atoms with E-state index in [2.05, 4.69) is 4.99 Å². The molecule has 1 aromatic heterocycles. The fraction of sp³-hybridized carbons (Fsp3) is 0.273. The Bertz CT molecular complexity index is 1260. The van der Waals surface area contributed by atoms with E-state index in [-0.39, 0.29) is 23.0 Å². The topological polar surface area (TPSA) is 124 Å². The Labute approximate surface area is 192 Å². The number of non-ortho nitro benzene ring substituents is 1. The van der Waals surface area contributed by atoms with Crippen molar-refractivity contribution >= 4 is 34.3 Å². The van der Waals surface area contributed by atoms with Gasteiger partial charge in [-0.2, -0.15) is 0 Å². The summed E-state index contributed by atoms with van der Waals surface area (Å²) in [6.45, 7) is 1.92. The number of carbonyl (C=O) groups excluding carboxylic acids is 1. The van der Waals surface area contributed by atoms with Crippen LogP contribution in [-0.2, 0) is 11.3 Å². The fourth-order valence-corrected chi connectivity index (χ4v) is 4.74. The average Bonchev–Trinajstić information content (AvgIpc) is 3.40. The van der Waals surface area contributed by atoms with E-state index in [1.807, 2.05) is 14.8 Å². The van der Waals surface area contributed by atoms with Crippen molar-refractivity contribution < 1.29 is 14.6 Å². The van der Waals surface area contributed by atoms with Crippen molar-refractivity contribution in [2.75, 3.05) is 13.1 Å². The molecule has 2 heterocycles. The molecule has 11 heteroatoms. The van der Waals surface area contributed by atoms with Crippen LogP contribution in [0.3, 0.4) is 0 Å².